The lowest BCUT2D eigenvalue weighted by molar-refractivity contribution is 0.319. The van der Waals surface area contributed by atoms with Crippen molar-refractivity contribution in [3.8, 4) is 0 Å². The van der Waals surface area contributed by atoms with Gasteiger partial charge >= 0.3 is 0 Å². The van der Waals surface area contributed by atoms with E-state index in [1.165, 1.54) is 12.1 Å². The number of aryl methyl sites for hydroxylation is 1. The van der Waals surface area contributed by atoms with Crippen molar-refractivity contribution in [3.63, 3.8) is 0 Å². The summed E-state index contributed by atoms with van der Waals surface area (Å²) in [5, 5.41) is 8.42. The lowest BCUT2D eigenvalue weighted by Crippen LogP contribution is -2.24. The Balaban J connectivity index is 2.20. The van der Waals surface area contributed by atoms with Gasteiger partial charge in [-0.2, -0.15) is 0 Å². The van der Waals surface area contributed by atoms with Crippen LogP contribution >= 0.6 is 11.6 Å². The van der Waals surface area contributed by atoms with Crippen LogP contribution in [0.3, 0.4) is 0 Å². The minimum Gasteiger partial charge on any atom is -0.249 e. The number of hydrogen-bond donors (Lipinski definition) is 0. The van der Waals surface area contributed by atoms with Gasteiger partial charge in [-0.1, -0.05) is 12.1 Å². The third-order valence-electron chi connectivity index (χ3n) is 3.46. The molecule has 0 N–H and O–H groups in total. The second-order valence-corrected chi connectivity index (χ2v) is 5.09. The number of halogens is 1. The Kier molecular flexibility index (Phi) is 3.29. The van der Waals surface area contributed by atoms with Crippen LogP contribution in [0.25, 0.3) is 0 Å². The van der Waals surface area contributed by atoms with E-state index in [4.69, 9.17) is 11.6 Å². The van der Waals surface area contributed by atoms with Crippen LogP contribution in [0.2, 0.25) is 0 Å². The minimum absolute atomic E-state index is 0.325. The average Bonchev–Trinajstić information content (AvgIpc) is 2.69. The molecule has 1 saturated carbocycles. The highest BCUT2D eigenvalue weighted by atomic mass is 35.5. The zero-order valence-corrected chi connectivity index (χ0v) is 10.1. The highest BCUT2D eigenvalue weighted by Crippen LogP contribution is 2.39. The Hall–Kier alpha value is -0.570. The van der Waals surface area contributed by atoms with Crippen molar-refractivity contribution >= 4 is 11.6 Å². The molecule has 84 valence electrons. The topological polar surface area (TPSA) is 30.7 Å². The van der Waals surface area contributed by atoms with Gasteiger partial charge in [0.15, 0.2) is 0 Å². The SMILES string of the molecule is CCn1nncc1C1CC(Cl)CCC1C. The molecule has 0 radical (unpaired) electrons. The maximum Gasteiger partial charge on any atom is 0.0728 e. The van der Waals surface area contributed by atoms with Gasteiger partial charge in [0.25, 0.3) is 0 Å². The summed E-state index contributed by atoms with van der Waals surface area (Å²) in [4.78, 5) is 0. The molecule has 0 saturated heterocycles. The van der Waals surface area contributed by atoms with Crippen molar-refractivity contribution in [2.45, 2.75) is 50.9 Å². The molecule has 1 aromatic heterocycles. The molecule has 4 heteroatoms. The van der Waals surface area contributed by atoms with Crippen LogP contribution < -0.4 is 0 Å². The molecule has 2 rings (SSSR count). The second kappa shape index (κ2) is 4.52. The lowest BCUT2D eigenvalue weighted by atomic mass is 9.78. The Morgan fingerprint density at radius 3 is 3.07 bits per heavy atom. The maximum absolute atomic E-state index is 6.24. The molecule has 0 aromatic carbocycles. The fourth-order valence-corrected chi connectivity index (χ4v) is 2.80. The summed E-state index contributed by atoms with van der Waals surface area (Å²) in [6.45, 7) is 5.30. The van der Waals surface area contributed by atoms with Gasteiger partial charge in [0.2, 0.25) is 0 Å². The Labute approximate surface area is 95.8 Å². The van der Waals surface area contributed by atoms with Gasteiger partial charge in [0.1, 0.15) is 0 Å². The summed E-state index contributed by atoms with van der Waals surface area (Å²) in [5.74, 6) is 1.24. The normalized spacial score (nSPS) is 31.8. The molecule has 1 aliphatic carbocycles. The zero-order chi connectivity index (χ0) is 10.8. The summed E-state index contributed by atoms with van der Waals surface area (Å²) in [7, 11) is 0. The standard InChI is InChI=1S/C11H18ClN3/c1-3-15-11(7-13-14-15)10-6-9(12)5-4-8(10)2/h7-10H,3-6H2,1-2H3. The van der Waals surface area contributed by atoms with Crippen LogP contribution in [-0.2, 0) is 6.54 Å². The molecule has 1 heterocycles. The number of nitrogens with zero attached hydrogens (tertiary/aromatic N) is 3. The molecule has 0 aliphatic heterocycles. The van der Waals surface area contributed by atoms with E-state index in [9.17, 15) is 0 Å². The Morgan fingerprint density at radius 1 is 1.53 bits per heavy atom. The van der Waals surface area contributed by atoms with Crippen molar-refractivity contribution in [2.24, 2.45) is 5.92 Å². The number of alkyl halides is 1. The molecule has 0 bridgehead atoms. The molecular formula is C11H18ClN3. The zero-order valence-electron chi connectivity index (χ0n) is 9.36. The van der Waals surface area contributed by atoms with Crippen LogP contribution in [0.5, 0.6) is 0 Å². The first-order chi connectivity index (χ1) is 7.22. The van der Waals surface area contributed by atoms with E-state index < -0.39 is 0 Å². The largest absolute Gasteiger partial charge is 0.249 e. The van der Waals surface area contributed by atoms with Gasteiger partial charge in [-0.3, -0.25) is 0 Å². The van der Waals surface area contributed by atoms with Crippen molar-refractivity contribution in [3.05, 3.63) is 11.9 Å². The average molecular weight is 228 g/mol. The fourth-order valence-electron chi connectivity index (χ4n) is 2.48. The van der Waals surface area contributed by atoms with Gasteiger partial charge in [0.05, 0.1) is 11.9 Å². The quantitative estimate of drug-likeness (QED) is 0.728. The van der Waals surface area contributed by atoms with E-state index in [1.807, 2.05) is 10.9 Å². The molecule has 3 nitrogen and oxygen atoms in total. The van der Waals surface area contributed by atoms with Crippen LogP contribution in [0.1, 0.15) is 44.7 Å². The van der Waals surface area contributed by atoms with Gasteiger partial charge in [-0.25, -0.2) is 4.68 Å². The maximum atomic E-state index is 6.24. The van der Waals surface area contributed by atoms with E-state index in [0.29, 0.717) is 17.2 Å². The number of rotatable bonds is 2. The van der Waals surface area contributed by atoms with Crippen LogP contribution in [-0.4, -0.2) is 20.4 Å². The molecule has 15 heavy (non-hydrogen) atoms. The fraction of sp³-hybridized carbons (Fsp3) is 0.818. The van der Waals surface area contributed by atoms with Crippen molar-refractivity contribution < 1.29 is 0 Å². The molecule has 3 atom stereocenters. The van der Waals surface area contributed by atoms with Gasteiger partial charge in [0, 0.05) is 17.8 Å². The van der Waals surface area contributed by atoms with E-state index in [2.05, 4.69) is 24.2 Å². The number of aromatic nitrogens is 3. The molecule has 3 unspecified atom stereocenters. The predicted octanol–water partition coefficient (Wildman–Crippen LogP) is 2.81. The van der Waals surface area contributed by atoms with Gasteiger partial charge in [-0.05, 0) is 32.1 Å². The molecular weight excluding hydrogens is 210 g/mol. The first kappa shape index (κ1) is 10.9. The molecule has 0 spiro atoms. The van der Waals surface area contributed by atoms with Crippen LogP contribution in [0.4, 0.5) is 0 Å². The third kappa shape index (κ3) is 2.17. The second-order valence-electron chi connectivity index (χ2n) is 4.47. The van der Waals surface area contributed by atoms with E-state index in [0.717, 1.165) is 19.4 Å². The molecule has 0 amide bonds. The predicted molar refractivity (Wildman–Crippen MR) is 61.1 cm³/mol. The van der Waals surface area contributed by atoms with Gasteiger partial charge in [-0.15, -0.1) is 16.7 Å². The summed E-state index contributed by atoms with van der Waals surface area (Å²) in [6, 6.07) is 0. The van der Waals surface area contributed by atoms with Gasteiger partial charge < -0.3 is 0 Å². The van der Waals surface area contributed by atoms with E-state index >= 15 is 0 Å². The summed E-state index contributed by atoms with van der Waals surface area (Å²) >= 11 is 6.24. The minimum atomic E-state index is 0.325. The van der Waals surface area contributed by atoms with Crippen molar-refractivity contribution in [1.29, 1.82) is 0 Å². The van der Waals surface area contributed by atoms with Crippen LogP contribution in [0.15, 0.2) is 6.20 Å². The molecule has 1 aliphatic rings. The summed E-state index contributed by atoms with van der Waals surface area (Å²) in [5.41, 5.74) is 1.26. The van der Waals surface area contributed by atoms with Crippen LogP contribution in [0, 0.1) is 5.92 Å². The monoisotopic (exact) mass is 227 g/mol. The van der Waals surface area contributed by atoms with Crippen molar-refractivity contribution in [2.75, 3.05) is 0 Å². The summed E-state index contributed by atoms with van der Waals surface area (Å²) < 4.78 is 2.00. The third-order valence-corrected chi connectivity index (χ3v) is 3.86. The first-order valence-electron chi connectivity index (χ1n) is 5.74. The highest BCUT2D eigenvalue weighted by Gasteiger charge is 2.30. The smallest absolute Gasteiger partial charge is 0.0728 e. The summed E-state index contributed by atoms with van der Waals surface area (Å²) in [6.07, 6.45) is 5.33. The first-order valence-corrected chi connectivity index (χ1v) is 6.18. The molecule has 1 fully saturated rings. The molecule has 1 aromatic rings. The Morgan fingerprint density at radius 2 is 2.33 bits per heavy atom. The van der Waals surface area contributed by atoms with E-state index in [1.54, 1.807) is 0 Å². The highest BCUT2D eigenvalue weighted by molar-refractivity contribution is 6.20. The Bertz CT molecular complexity index is 323. The lowest BCUT2D eigenvalue weighted by Gasteiger charge is -2.31. The van der Waals surface area contributed by atoms with E-state index in [-0.39, 0.29) is 0 Å². The van der Waals surface area contributed by atoms with Crippen molar-refractivity contribution in [1.82, 2.24) is 15.0 Å². The number of hydrogen-bond acceptors (Lipinski definition) is 2.